The van der Waals surface area contributed by atoms with Gasteiger partial charge < -0.3 is 16.0 Å². The number of hydrogen-bond donors (Lipinski definition) is 3. The van der Waals surface area contributed by atoms with Gasteiger partial charge in [-0.05, 0) is 37.6 Å². The molecule has 2 rings (SSSR count). The van der Waals surface area contributed by atoms with Crippen molar-refractivity contribution in [2.24, 2.45) is 0 Å². The summed E-state index contributed by atoms with van der Waals surface area (Å²) in [5.74, 6) is -4.17. The lowest BCUT2D eigenvalue weighted by Gasteiger charge is -2.14. The van der Waals surface area contributed by atoms with Gasteiger partial charge in [-0.2, -0.15) is 0 Å². The summed E-state index contributed by atoms with van der Waals surface area (Å²) < 4.78 is 28.1. The maximum absolute atomic E-state index is 14.1. The van der Waals surface area contributed by atoms with Crippen LogP contribution in [-0.2, 0) is 9.59 Å². The first-order valence-corrected chi connectivity index (χ1v) is 8.60. The summed E-state index contributed by atoms with van der Waals surface area (Å²) >= 11 is 5.99. The Labute approximate surface area is 165 Å². The smallest absolute Gasteiger partial charge is 0.258 e. The lowest BCUT2D eigenvalue weighted by Crippen LogP contribution is -2.40. The Kier molecular flexibility index (Phi) is 6.69. The quantitative estimate of drug-likeness (QED) is 0.704. The van der Waals surface area contributed by atoms with Crippen molar-refractivity contribution >= 4 is 40.7 Å². The highest BCUT2D eigenvalue weighted by Crippen LogP contribution is 2.23. The zero-order chi connectivity index (χ0) is 21.0. The molecule has 2 aromatic rings. The number of aryl methyl sites for hydroxylation is 1. The number of halogens is 3. The van der Waals surface area contributed by atoms with Crippen molar-refractivity contribution in [1.29, 1.82) is 0 Å². The van der Waals surface area contributed by atoms with Crippen molar-refractivity contribution in [3.8, 4) is 0 Å². The summed E-state index contributed by atoms with van der Waals surface area (Å²) in [6, 6.07) is 5.18. The first-order valence-electron chi connectivity index (χ1n) is 8.23. The summed E-state index contributed by atoms with van der Waals surface area (Å²) in [6.07, 6.45) is 0. The van der Waals surface area contributed by atoms with Crippen LogP contribution in [0.3, 0.4) is 0 Å². The van der Waals surface area contributed by atoms with E-state index >= 15 is 0 Å². The normalized spacial score (nSPS) is 11.5. The largest absolute Gasteiger partial charge is 0.345 e. The minimum Gasteiger partial charge on any atom is -0.345 e. The van der Waals surface area contributed by atoms with Gasteiger partial charge in [-0.15, -0.1) is 0 Å². The standard InChI is InChI=1S/C19H18ClF2N3O3/c1-9-4-5-12(6-14(9)20)24-19(28)13-7-17(16(22)8-15(13)21)25-18(27)10(2)23-11(3)26/h4-8,10H,1-3H3,(H,23,26)(H,24,28)(H,25,27)/t10-/m0/s1. The van der Waals surface area contributed by atoms with E-state index in [0.717, 1.165) is 11.6 Å². The molecule has 1 atom stereocenters. The fraction of sp³-hybridized carbons (Fsp3) is 0.211. The molecule has 148 valence electrons. The van der Waals surface area contributed by atoms with Gasteiger partial charge >= 0.3 is 0 Å². The van der Waals surface area contributed by atoms with Crippen molar-refractivity contribution in [1.82, 2.24) is 5.32 Å². The van der Waals surface area contributed by atoms with E-state index in [-0.39, 0.29) is 0 Å². The van der Waals surface area contributed by atoms with Crippen LogP contribution in [0.4, 0.5) is 20.2 Å². The summed E-state index contributed by atoms with van der Waals surface area (Å²) in [6.45, 7) is 4.40. The summed E-state index contributed by atoms with van der Waals surface area (Å²) in [7, 11) is 0. The zero-order valence-electron chi connectivity index (χ0n) is 15.3. The Morgan fingerprint density at radius 2 is 1.71 bits per heavy atom. The molecule has 0 saturated carbocycles. The molecule has 3 N–H and O–H groups in total. The van der Waals surface area contributed by atoms with Crippen LogP contribution in [0.15, 0.2) is 30.3 Å². The summed E-state index contributed by atoms with van der Waals surface area (Å²) in [5, 5.41) is 7.43. The maximum Gasteiger partial charge on any atom is 0.258 e. The summed E-state index contributed by atoms with van der Waals surface area (Å²) in [4.78, 5) is 35.4. The van der Waals surface area contributed by atoms with Crippen LogP contribution in [0.5, 0.6) is 0 Å². The number of anilines is 2. The van der Waals surface area contributed by atoms with Gasteiger partial charge in [0, 0.05) is 23.7 Å². The van der Waals surface area contributed by atoms with Gasteiger partial charge in [0.05, 0.1) is 11.3 Å². The Morgan fingerprint density at radius 1 is 1.04 bits per heavy atom. The second kappa shape index (κ2) is 8.79. The number of nitrogens with one attached hydrogen (secondary N) is 3. The lowest BCUT2D eigenvalue weighted by atomic mass is 10.1. The number of amides is 3. The van der Waals surface area contributed by atoms with Crippen molar-refractivity contribution in [2.75, 3.05) is 10.6 Å². The molecular weight excluding hydrogens is 392 g/mol. The van der Waals surface area contributed by atoms with E-state index < -0.39 is 46.6 Å². The van der Waals surface area contributed by atoms with Gasteiger partial charge in [0.15, 0.2) is 0 Å². The van der Waals surface area contributed by atoms with E-state index in [1.165, 1.54) is 19.9 Å². The van der Waals surface area contributed by atoms with Crippen LogP contribution in [0.25, 0.3) is 0 Å². The van der Waals surface area contributed by atoms with Crippen LogP contribution in [0.1, 0.15) is 29.8 Å². The Hall–Kier alpha value is -3.00. The Bertz CT molecular complexity index is 950. The summed E-state index contributed by atoms with van der Waals surface area (Å²) in [5.41, 5.74) is 0.261. The minimum atomic E-state index is -1.10. The number of benzene rings is 2. The lowest BCUT2D eigenvalue weighted by molar-refractivity contribution is -0.124. The number of carbonyl (C=O) groups excluding carboxylic acids is 3. The third kappa shape index (κ3) is 5.26. The van der Waals surface area contributed by atoms with Gasteiger partial charge in [-0.3, -0.25) is 14.4 Å². The molecular formula is C19H18ClF2N3O3. The van der Waals surface area contributed by atoms with Gasteiger partial charge in [0.2, 0.25) is 11.8 Å². The van der Waals surface area contributed by atoms with Crippen molar-refractivity contribution < 1.29 is 23.2 Å². The third-order valence-corrected chi connectivity index (χ3v) is 4.21. The predicted octanol–water partition coefficient (Wildman–Crippen LogP) is 3.64. The van der Waals surface area contributed by atoms with Crippen LogP contribution in [0.2, 0.25) is 5.02 Å². The minimum absolute atomic E-state index is 0.328. The Balaban J connectivity index is 2.24. The fourth-order valence-electron chi connectivity index (χ4n) is 2.30. The molecule has 0 unspecified atom stereocenters. The van der Waals surface area contributed by atoms with Crippen LogP contribution in [-0.4, -0.2) is 23.8 Å². The molecule has 0 spiro atoms. The van der Waals surface area contributed by atoms with Crippen LogP contribution < -0.4 is 16.0 Å². The third-order valence-electron chi connectivity index (χ3n) is 3.80. The van der Waals surface area contributed by atoms with Crippen molar-refractivity contribution in [3.63, 3.8) is 0 Å². The topological polar surface area (TPSA) is 87.3 Å². The highest BCUT2D eigenvalue weighted by atomic mass is 35.5. The first-order chi connectivity index (χ1) is 13.1. The number of rotatable bonds is 5. The first kappa shape index (κ1) is 21.3. The monoisotopic (exact) mass is 409 g/mol. The second-order valence-electron chi connectivity index (χ2n) is 6.14. The van der Waals surface area contributed by atoms with Gasteiger partial charge in [-0.1, -0.05) is 17.7 Å². The van der Waals surface area contributed by atoms with Crippen LogP contribution in [0, 0.1) is 18.6 Å². The highest BCUT2D eigenvalue weighted by molar-refractivity contribution is 6.31. The zero-order valence-corrected chi connectivity index (χ0v) is 16.1. The molecule has 0 radical (unpaired) electrons. The van der Waals surface area contributed by atoms with Crippen molar-refractivity contribution in [2.45, 2.75) is 26.8 Å². The predicted molar refractivity (Wildman–Crippen MR) is 102 cm³/mol. The van der Waals surface area contributed by atoms with Gasteiger partial charge in [-0.25, -0.2) is 8.78 Å². The molecule has 6 nitrogen and oxygen atoms in total. The molecule has 0 heterocycles. The van der Waals surface area contributed by atoms with E-state index in [9.17, 15) is 23.2 Å². The molecule has 0 aliphatic rings. The molecule has 2 aromatic carbocycles. The fourth-order valence-corrected chi connectivity index (χ4v) is 2.48. The highest BCUT2D eigenvalue weighted by Gasteiger charge is 2.20. The van der Waals surface area contributed by atoms with E-state index in [1.807, 2.05) is 0 Å². The second-order valence-corrected chi connectivity index (χ2v) is 6.55. The molecule has 0 fully saturated rings. The SMILES string of the molecule is CC(=O)N[C@@H](C)C(=O)Nc1cc(C(=O)Nc2ccc(C)c(Cl)c2)c(F)cc1F. The molecule has 0 aliphatic carbocycles. The number of hydrogen-bond acceptors (Lipinski definition) is 3. The Morgan fingerprint density at radius 3 is 2.32 bits per heavy atom. The molecule has 9 heteroatoms. The molecule has 0 saturated heterocycles. The molecule has 0 aliphatic heterocycles. The van der Waals surface area contributed by atoms with E-state index in [4.69, 9.17) is 11.6 Å². The van der Waals surface area contributed by atoms with E-state index in [1.54, 1.807) is 19.1 Å². The van der Waals surface area contributed by atoms with Crippen molar-refractivity contribution in [3.05, 3.63) is 58.1 Å². The molecule has 3 amide bonds. The van der Waals surface area contributed by atoms with Gasteiger partial charge in [0.25, 0.3) is 5.91 Å². The average Bonchev–Trinajstić information content (AvgIpc) is 2.59. The maximum atomic E-state index is 14.1. The average molecular weight is 410 g/mol. The van der Waals surface area contributed by atoms with Gasteiger partial charge in [0.1, 0.15) is 17.7 Å². The van der Waals surface area contributed by atoms with Crippen LogP contribution >= 0.6 is 11.6 Å². The molecule has 0 bridgehead atoms. The molecule has 28 heavy (non-hydrogen) atoms. The number of carbonyl (C=O) groups is 3. The molecule has 0 aromatic heterocycles. The van der Waals surface area contributed by atoms with E-state index in [0.29, 0.717) is 16.8 Å². The van der Waals surface area contributed by atoms with E-state index in [2.05, 4.69) is 16.0 Å².